The van der Waals surface area contributed by atoms with Gasteiger partial charge in [0, 0.05) is 19.6 Å². The molecule has 46 heavy (non-hydrogen) atoms. The van der Waals surface area contributed by atoms with E-state index in [0.29, 0.717) is 16.9 Å². The van der Waals surface area contributed by atoms with Crippen molar-refractivity contribution in [1.29, 1.82) is 0 Å². The monoisotopic (exact) mass is 658 g/mol. The summed E-state index contributed by atoms with van der Waals surface area (Å²) in [5.41, 5.74) is 0.336. The van der Waals surface area contributed by atoms with Crippen LogP contribution in [0.1, 0.15) is 22.4 Å². The summed E-state index contributed by atoms with van der Waals surface area (Å²) in [5, 5.41) is 15.2. The Labute approximate surface area is 272 Å². The molecule has 0 aliphatic carbocycles. The Kier molecular flexibility index (Phi) is 10.5. The number of methoxy groups -OCH3 is 2. The lowest BCUT2D eigenvalue weighted by Gasteiger charge is -2.36. The van der Waals surface area contributed by atoms with E-state index in [1.165, 1.54) is 32.7 Å². The molecule has 5 aromatic rings. The van der Waals surface area contributed by atoms with Gasteiger partial charge < -0.3 is 19.6 Å². The number of carbonyl (C=O) groups is 1. The van der Waals surface area contributed by atoms with Gasteiger partial charge in [-0.25, -0.2) is 10.1 Å². The van der Waals surface area contributed by atoms with Gasteiger partial charge in [0.1, 0.15) is 18.3 Å². The molecule has 0 fully saturated rings. The molecule has 14 heteroatoms. The fourth-order valence-electron chi connectivity index (χ4n) is 4.84. The third-order valence-corrected chi connectivity index (χ3v) is 8.63. The minimum atomic E-state index is -0.956. The van der Waals surface area contributed by atoms with E-state index in [-0.39, 0.29) is 23.1 Å². The van der Waals surface area contributed by atoms with Crippen LogP contribution in [0.25, 0.3) is 0 Å². The van der Waals surface area contributed by atoms with E-state index in [1.807, 2.05) is 91.0 Å². The molecule has 0 amide bonds. The fraction of sp³-hybridized carbons (Fsp3) is 0.188. The van der Waals surface area contributed by atoms with E-state index >= 15 is 0 Å². The molecule has 0 unspecified atom stereocenters. The predicted octanol–water partition coefficient (Wildman–Crippen LogP) is 4.08. The van der Waals surface area contributed by atoms with Crippen LogP contribution in [-0.2, 0) is 31.2 Å². The number of thioether (sulfide) groups is 1. The van der Waals surface area contributed by atoms with Crippen molar-refractivity contribution in [3.8, 4) is 0 Å². The number of hydrogen-bond donors (Lipinski definition) is 2. The van der Waals surface area contributed by atoms with Crippen LogP contribution in [0.2, 0.25) is 0 Å². The van der Waals surface area contributed by atoms with Crippen molar-refractivity contribution in [3.05, 3.63) is 139 Å². The molecule has 0 spiro atoms. The smallest absolute Gasteiger partial charge is 0.330 e. The zero-order valence-electron chi connectivity index (χ0n) is 25.1. The average molecular weight is 659 g/mol. The van der Waals surface area contributed by atoms with Crippen LogP contribution in [0.4, 0.5) is 5.13 Å². The Morgan fingerprint density at radius 1 is 0.935 bits per heavy atom. The number of anilines is 1. The highest BCUT2D eigenvalue weighted by molar-refractivity contribution is 8.15. The number of hydrogen-bond acceptors (Lipinski definition) is 12. The largest absolute Gasteiger partial charge is 0.398 e. The molecular formula is C32H30N6O6S2. The molecule has 0 aliphatic heterocycles. The summed E-state index contributed by atoms with van der Waals surface area (Å²) in [4.78, 5) is 48.1. The Balaban J connectivity index is 1.53. The summed E-state index contributed by atoms with van der Waals surface area (Å²) in [6.07, 6.45) is -0.867. The van der Waals surface area contributed by atoms with E-state index in [4.69, 9.17) is 19.3 Å². The number of oxime groups is 1. The quantitative estimate of drug-likeness (QED) is 0.0473. The second kappa shape index (κ2) is 14.9. The summed E-state index contributed by atoms with van der Waals surface area (Å²) in [6, 6.07) is 30.1. The molecule has 0 aliphatic rings. The minimum absolute atomic E-state index is 0.0951. The van der Waals surface area contributed by atoms with Crippen molar-refractivity contribution in [3.63, 3.8) is 0 Å². The highest BCUT2D eigenvalue weighted by Crippen LogP contribution is 2.40. The van der Waals surface area contributed by atoms with E-state index in [9.17, 15) is 14.4 Å². The number of aromatic amines is 1. The molecule has 0 atom stereocenters. The maximum absolute atomic E-state index is 13.6. The molecule has 2 heterocycles. The zero-order chi connectivity index (χ0) is 32.5. The maximum atomic E-state index is 13.6. The number of carbonyl (C=O) groups excluding carboxylic acids is 1. The van der Waals surface area contributed by atoms with Gasteiger partial charge in [0.2, 0.25) is 0 Å². The van der Waals surface area contributed by atoms with Crippen molar-refractivity contribution >= 4 is 39.1 Å². The van der Waals surface area contributed by atoms with Gasteiger partial charge in [0.25, 0.3) is 5.12 Å². The van der Waals surface area contributed by atoms with Crippen LogP contribution < -0.4 is 16.4 Å². The second-order valence-electron chi connectivity index (χ2n) is 9.67. The summed E-state index contributed by atoms with van der Waals surface area (Å²) in [5.74, 6) is 0. The molecule has 0 radical (unpaired) electrons. The first-order valence-corrected chi connectivity index (χ1v) is 15.6. The Bertz CT molecular complexity index is 1810. The molecule has 2 aromatic heterocycles. The number of aromatic nitrogens is 4. The summed E-state index contributed by atoms with van der Waals surface area (Å²) >= 11 is 1.87. The van der Waals surface area contributed by atoms with Gasteiger partial charge in [-0.3, -0.25) is 19.0 Å². The lowest BCUT2D eigenvalue weighted by atomic mass is 9.77. The van der Waals surface area contributed by atoms with Crippen LogP contribution in [0, 0.1) is 0 Å². The van der Waals surface area contributed by atoms with Crippen molar-refractivity contribution in [2.24, 2.45) is 5.16 Å². The normalized spacial score (nSPS) is 11.9. The summed E-state index contributed by atoms with van der Waals surface area (Å²) < 4.78 is 11.4. The maximum Gasteiger partial charge on any atom is 0.330 e. The summed E-state index contributed by atoms with van der Waals surface area (Å²) in [7, 11) is 4.08. The van der Waals surface area contributed by atoms with Gasteiger partial charge in [-0.15, -0.1) is 16.4 Å². The molecule has 2 N–H and O–H groups in total. The Morgan fingerprint density at radius 3 is 1.98 bits per heavy atom. The number of H-pyrrole nitrogens is 1. The number of thiazole rings is 1. The molecule has 5 rings (SSSR count). The van der Waals surface area contributed by atoms with Crippen molar-refractivity contribution in [2.45, 2.75) is 23.5 Å². The van der Waals surface area contributed by atoms with Crippen LogP contribution in [0.5, 0.6) is 0 Å². The van der Waals surface area contributed by atoms with Crippen molar-refractivity contribution < 1.29 is 19.1 Å². The SMILES string of the molecule is CON=C(C(=O)Sc1n[nH]c(=O)c(=O)n1CC(OC)OC)c1csc(NC(c2ccccc2)(c2ccccc2)c2ccccc2)n1. The van der Waals surface area contributed by atoms with Crippen molar-refractivity contribution in [2.75, 3.05) is 26.6 Å². The first kappa shape index (κ1) is 32.5. The number of nitrogens with one attached hydrogen (secondary N) is 2. The van der Waals surface area contributed by atoms with Gasteiger partial charge in [0.05, 0.1) is 6.54 Å². The standard InChI is InChI=1S/C32H30N6O6S2/c1-42-25(43-2)19-38-28(40)27(39)35-36-31(38)46-29(41)26(37-44-3)24-20-45-30(33-24)34-32(21-13-7-4-8-14-21,22-15-9-5-10-16-22)23-17-11-6-12-18-23/h4-18,20,25H,19H2,1-3H3,(H,33,34)(H,35,39). The fourth-order valence-corrected chi connectivity index (χ4v) is 6.36. The van der Waals surface area contributed by atoms with Crippen LogP contribution in [0.15, 0.2) is 116 Å². The molecule has 236 valence electrons. The molecule has 3 aromatic carbocycles. The van der Waals surface area contributed by atoms with Gasteiger partial charge in [-0.2, -0.15) is 0 Å². The average Bonchev–Trinajstić information content (AvgIpc) is 3.56. The predicted molar refractivity (Wildman–Crippen MR) is 176 cm³/mol. The van der Waals surface area contributed by atoms with Crippen LogP contribution in [-0.4, -0.2) is 58.2 Å². The number of ether oxygens (including phenoxy) is 2. The highest BCUT2D eigenvalue weighted by atomic mass is 32.2. The van der Waals surface area contributed by atoms with Gasteiger partial charge in [0.15, 0.2) is 22.3 Å². The minimum Gasteiger partial charge on any atom is -0.398 e. The van der Waals surface area contributed by atoms with E-state index < -0.39 is 28.1 Å². The molecule has 0 bridgehead atoms. The Morgan fingerprint density at radius 2 is 1.48 bits per heavy atom. The third kappa shape index (κ3) is 6.84. The van der Waals surface area contributed by atoms with E-state index in [0.717, 1.165) is 21.3 Å². The molecule has 0 saturated carbocycles. The highest BCUT2D eigenvalue weighted by Gasteiger charge is 2.37. The first-order chi connectivity index (χ1) is 22.4. The molecule has 0 saturated heterocycles. The first-order valence-electron chi connectivity index (χ1n) is 13.9. The third-order valence-electron chi connectivity index (χ3n) is 7.00. The lowest BCUT2D eigenvalue weighted by Crippen LogP contribution is -2.41. The van der Waals surface area contributed by atoms with Crippen LogP contribution in [0.3, 0.4) is 0 Å². The number of benzene rings is 3. The topological polar surface area (TPSA) is 150 Å². The van der Waals surface area contributed by atoms with Gasteiger partial charge in [-0.05, 0) is 28.5 Å². The lowest BCUT2D eigenvalue weighted by molar-refractivity contribution is -0.113. The van der Waals surface area contributed by atoms with Crippen LogP contribution >= 0.6 is 23.1 Å². The summed E-state index contributed by atoms with van der Waals surface area (Å²) in [6.45, 7) is -0.180. The number of nitrogens with zero attached hydrogens (tertiary/aromatic N) is 4. The van der Waals surface area contributed by atoms with E-state index in [2.05, 4.69) is 20.7 Å². The van der Waals surface area contributed by atoms with Gasteiger partial charge >= 0.3 is 11.1 Å². The van der Waals surface area contributed by atoms with E-state index in [1.54, 1.807) is 5.38 Å². The Hall–Kier alpha value is -4.89. The van der Waals surface area contributed by atoms with Crippen molar-refractivity contribution in [1.82, 2.24) is 19.7 Å². The second-order valence-corrected chi connectivity index (χ2v) is 11.5. The molecular weight excluding hydrogens is 629 g/mol. The zero-order valence-corrected chi connectivity index (χ0v) is 26.7. The number of rotatable bonds is 13. The molecule has 12 nitrogen and oxygen atoms in total. The van der Waals surface area contributed by atoms with Gasteiger partial charge in [-0.1, -0.05) is 96.2 Å².